The molecule has 1 aliphatic rings. The molecular weight excluding hydrogens is 358 g/mol. The first-order chi connectivity index (χ1) is 10.8. The number of nitriles is 1. The van der Waals surface area contributed by atoms with Crippen molar-refractivity contribution in [3.63, 3.8) is 0 Å². The minimum Gasteiger partial charge on any atom is -0.444 e. The van der Waals surface area contributed by atoms with Gasteiger partial charge in [-0.25, -0.2) is 4.79 Å². The molecule has 3 rings (SSSR count). The standard InChI is InChI=1S/C17H18BrN3O2/c1-17(2,3)23-16(22)21-14(15(21)18)10-20-9-11(8-19)12-6-4-5-7-13(12)20/h4-7,9,14-15H,10H2,1-3H3/t14-,15+,21?/m0/s1. The lowest BCUT2D eigenvalue weighted by molar-refractivity contribution is 0.0401. The first-order valence-corrected chi connectivity index (χ1v) is 8.37. The second-order valence-corrected chi connectivity index (χ2v) is 7.59. The quantitative estimate of drug-likeness (QED) is 0.455. The molecule has 1 saturated heterocycles. The number of para-hydroxylation sites is 1. The summed E-state index contributed by atoms with van der Waals surface area (Å²) < 4.78 is 7.43. The van der Waals surface area contributed by atoms with Gasteiger partial charge in [-0.05, 0) is 26.8 Å². The van der Waals surface area contributed by atoms with Gasteiger partial charge in [-0.1, -0.05) is 34.1 Å². The molecule has 0 saturated carbocycles. The van der Waals surface area contributed by atoms with Crippen LogP contribution in [-0.4, -0.2) is 32.2 Å². The molecule has 0 aliphatic carbocycles. The minimum absolute atomic E-state index is 0.0206. The molecule has 1 amide bonds. The van der Waals surface area contributed by atoms with E-state index in [1.54, 1.807) is 4.90 Å². The SMILES string of the molecule is CC(C)(C)OC(=O)N1[C@@H](Br)[C@@H]1Cn1cc(C#N)c2ccccc21. The summed E-state index contributed by atoms with van der Waals surface area (Å²) in [5.41, 5.74) is 1.14. The van der Waals surface area contributed by atoms with Gasteiger partial charge in [0.25, 0.3) is 0 Å². The van der Waals surface area contributed by atoms with Crippen LogP contribution in [0.15, 0.2) is 30.5 Å². The number of hydrogen-bond acceptors (Lipinski definition) is 3. The normalized spacial score (nSPS) is 20.4. The fourth-order valence-corrected chi connectivity index (χ4v) is 3.42. The Balaban J connectivity index is 1.79. The first kappa shape index (κ1) is 15.9. The number of carbonyl (C=O) groups is 1. The summed E-state index contributed by atoms with van der Waals surface area (Å²) in [4.78, 5) is 13.8. The summed E-state index contributed by atoms with van der Waals surface area (Å²) in [5.74, 6) is 0. The Hall–Kier alpha value is -2.00. The van der Waals surface area contributed by atoms with Crippen LogP contribution in [0.3, 0.4) is 0 Å². The number of fused-ring (bicyclic) bond motifs is 1. The summed E-state index contributed by atoms with van der Waals surface area (Å²) in [7, 11) is 0. The molecule has 1 aromatic heterocycles. The Morgan fingerprint density at radius 1 is 1.39 bits per heavy atom. The Bertz CT molecular complexity index is 800. The lowest BCUT2D eigenvalue weighted by Gasteiger charge is -2.20. The third-order valence-electron chi connectivity index (χ3n) is 3.75. The number of halogens is 1. The van der Waals surface area contributed by atoms with Crippen LogP contribution in [0.2, 0.25) is 0 Å². The first-order valence-electron chi connectivity index (χ1n) is 7.45. The fraction of sp³-hybridized carbons (Fsp3) is 0.412. The summed E-state index contributed by atoms with van der Waals surface area (Å²) in [5, 5.41) is 10.2. The van der Waals surface area contributed by atoms with Crippen LogP contribution in [0, 0.1) is 11.3 Å². The number of benzene rings is 1. The molecular formula is C17H18BrN3O2. The van der Waals surface area contributed by atoms with Crippen molar-refractivity contribution in [2.75, 3.05) is 0 Å². The van der Waals surface area contributed by atoms with Gasteiger partial charge in [-0.2, -0.15) is 5.26 Å². The van der Waals surface area contributed by atoms with Crippen LogP contribution in [0.4, 0.5) is 4.79 Å². The number of carbonyl (C=O) groups excluding carboxylic acids is 1. The maximum atomic E-state index is 12.2. The molecule has 1 aliphatic heterocycles. The molecule has 5 nitrogen and oxygen atoms in total. The fourth-order valence-electron chi connectivity index (χ4n) is 2.66. The van der Waals surface area contributed by atoms with Gasteiger partial charge in [0.1, 0.15) is 16.6 Å². The predicted octanol–water partition coefficient (Wildman–Crippen LogP) is 3.85. The topological polar surface area (TPSA) is 58.0 Å². The number of amides is 1. The summed E-state index contributed by atoms with van der Waals surface area (Å²) in [6.07, 6.45) is 1.53. The average molecular weight is 376 g/mol. The van der Waals surface area contributed by atoms with Gasteiger partial charge in [0.2, 0.25) is 0 Å². The monoisotopic (exact) mass is 375 g/mol. The van der Waals surface area contributed by atoms with E-state index in [1.165, 1.54) is 0 Å². The second kappa shape index (κ2) is 5.57. The summed E-state index contributed by atoms with van der Waals surface area (Å²) >= 11 is 3.52. The number of rotatable bonds is 2. The van der Waals surface area contributed by atoms with Crippen molar-refractivity contribution in [3.05, 3.63) is 36.0 Å². The zero-order valence-corrected chi connectivity index (χ0v) is 14.9. The molecule has 0 bridgehead atoms. The molecule has 1 aromatic carbocycles. The van der Waals surface area contributed by atoms with E-state index >= 15 is 0 Å². The highest BCUT2D eigenvalue weighted by Crippen LogP contribution is 2.37. The number of nitrogens with zero attached hydrogens (tertiary/aromatic N) is 3. The van der Waals surface area contributed by atoms with E-state index < -0.39 is 5.60 Å². The molecule has 23 heavy (non-hydrogen) atoms. The zero-order chi connectivity index (χ0) is 16.8. The van der Waals surface area contributed by atoms with Crippen molar-refractivity contribution in [2.24, 2.45) is 0 Å². The van der Waals surface area contributed by atoms with Gasteiger partial charge in [0, 0.05) is 23.6 Å². The third kappa shape index (κ3) is 3.06. The molecule has 0 N–H and O–H groups in total. The maximum Gasteiger partial charge on any atom is 0.411 e. The van der Waals surface area contributed by atoms with Crippen LogP contribution in [0.1, 0.15) is 26.3 Å². The molecule has 6 heteroatoms. The lowest BCUT2D eigenvalue weighted by atomic mass is 10.2. The molecule has 2 aromatic rings. The number of ether oxygens (including phenoxy) is 1. The summed E-state index contributed by atoms with van der Waals surface area (Å²) in [6.45, 7) is 6.18. The van der Waals surface area contributed by atoms with E-state index in [1.807, 2.05) is 55.8 Å². The molecule has 0 spiro atoms. The molecule has 2 atom stereocenters. The zero-order valence-electron chi connectivity index (χ0n) is 13.3. The molecule has 1 fully saturated rings. The van der Waals surface area contributed by atoms with E-state index in [0.717, 1.165) is 10.9 Å². The molecule has 0 radical (unpaired) electrons. The van der Waals surface area contributed by atoms with Gasteiger partial charge >= 0.3 is 6.09 Å². The number of hydrogen-bond donors (Lipinski definition) is 0. The van der Waals surface area contributed by atoms with Crippen LogP contribution in [0.25, 0.3) is 10.9 Å². The van der Waals surface area contributed by atoms with Crippen LogP contribution in [0.5, 0.6) is 0 Å². The van der Waals surface area contributed by atoms with E-state index in [-0.39, 0.29) is 17.1 Å². The molecule has 120 valence electrons. The van der Waals surface area contributed by atoms with E-state index in [2.05, 4.69) is 22.0 Å². The Morgan fingerprint density at radius 3 is 2.74 bits per heavy atom. The highest BCUT2D eigenvalue weighted by molar-refractivity contribution is 9.09. The molecule has 0 unspecified atom stereocenters. The Morgan fingerprint density at radius 2 is 2.09 bits per heavy atom. The average Bonchev–Trinajstić information content (AvgIpc) is 2.97. The van der Waals surface area contributed by atoms with Gasteiger partial charge < -0.3 is 9.30 Å². The van der Waals surface area contributed by atoms with Crippen molar-refractivity contribution in [1.29, 1.82) is 5.26 Å². The van der Waals surface area contributed by atoms with Crippen molar-refractivity contribution in [2.45, 2.75) is 43.9 Å². The molecule has 2 heterocycles. The predicted molar refractivity (Wildman–Crippen MR) is 91.2 cm³/mol. The van der Waals surface area contributed by atoms with E-state index in [4.69, 9.17) is 4.74 Å². The van der Waals surface area contributed by atoms with Crippen molar-refractivity contribution in [3.8, 4) is 6.07 Å². The van der Waals surface area contributed by atoms with E-state index in [0.29, 0.717) is 12.1 Å². The van der Waals surface area contributed by atoms with Crippen LogP contribution >= 0.6 is 15.9 Å². The number of aromatic nitrogens is 1. The largest absolute Gasteiger partial charge is 0.444 e. The lowest BCUT2D eigenvalue weighted by Crippen LogP contribution is -2.28. The Kier molecular flexibility index (Phi) is 3.85. The van der Waals surface area contributed by atoms with Crippen molar-refractivity contribution < 1.29 is 9.53 Å². The van der Waals surface area contributed by atoms with Gasteiger partial charge in [-0.3, -0.25) is 4.90 Å². The van der Waals surface area contributed by atoms with Crippen LogP contribution < -0.4 is 0 Å². The number of alkyl halides is 1. The smallest absolute Gasteiger partial charge is 0.411 e. The Labute approximate surface area is 143 Å². The third-order valence-corrected chi connectivity index (χ3v) is 4.80. The van der Waals surface area contributed by atoms with Gasteiger partial charge in [-0.15, -0.1) is 0 Å². The van der Waals surface area contributed by atoms with Crippen LogP contribution in [-0.2, 0) is 11.3 Å². The maximum absolute atomic E-state index is 12.2. The van der Waals surface area contributed by atoms with Gasteiger partial charge in [0.05, 0.1) is 11.6 Å². The van der Waals surface area contributed by atoms with Gasteiger partial charge in [0.15, 0.2) is 0 Å². The summed E-state index contributed by atoms with van der Waals surface area (Å²) in [6, 6.07) is 10.0. The van der Waals surface area contributed by atoms with E-state index in [9.17, 15) is 10.1 Å². The highest BCUT2D eigenvalue weighted by atomic mass is 79.9. The highest BCUT2D eigenvalue weighted by Gasteiger charge is 2.51. The minimum atomic E-state index is -0.509. The van der Waals surface area contributed by atoms with Crippen molar-refractivity contribution >= 4 is 32.9 Å². The second-order valence-electron chi connectivity index (χ2n) is 6.65. The van der Waals surface area contributed by atoms with Crippen molar-refractivity contribution in [1.82, 2.24) is 9.47 Å².